The van der Waals surface area contributed by atoms with Crippen molar-refractivity contribution in [1.82, 2.24) is 5.32 Å². The molecule has 3 N–H and O–H groups in total. The first kappa shape index (κ1) is 16.9. The van der Waals surface area contributed by atoms with Crippen LogP contribution < -0.4 is 10.6 Å². The third kappa shape index (κ3) is 5.84. The second kappa shape index (κ2) is 8.87. The largest absolute Gasteiger partial charge is 0.396 e. The van der Waals surface area contributed by atoms with E-state index in [1.807, 2.05) is 24.5 Å². The molecule has 0 aliphatic heterocycles. The van der Waals surface area contributed by atoms with E-state index in [9.17, 15) is 4.79 Å². The molecule has 0 saturated carbocycles. The van der Waals surface area contributed by atoms with E-state index in [0.29, 0.717) is 12.3 Å². The summed E-state index contributed by atoms with van der Waals surface area (Å²) in [6.45, 7) is 4.32. The Kier molecular flexibility index (Phi) is 7.47. The number of aliphatic hydroxyl groups excluding tert-OH is 1. The summed E-state index contributed by atoms with van der Waals surface area (Å²) in [7, 11) is 0. The first-order valence-electron chi connectivity index (χ1n) is 6.84. The number of rotatable bonds is 7. The second-order valence-corrected chi connectivity index (χ2v) is 5.95. The predicted octanol–water partition coefficient (Wildman–Crippen LogP) is 3.05. The quantitative estimate of drug-likeness (QED) is 0.725. The van der Waals surface area contributed by atoms with Crippen molar-refractivity contribution in [3.63, 3.8) is 0 Å². The summed E-state index contributed by atoms with van der Waals surface area (Å²) in [6, 6.07) is 7.62. The van der Waals surface area contributed by atoms with Gasteiger partial charge in [-0.1, -0.05) is 26.0 Å². The van der Waals surface area contributed by atoms with Crippen LogP contribution in [-0.2, 0) is 0 Å². The summed E-state index contributed by atoms with van der Waals surface area (Å²) >= 11 is 1.65. The Morgan fingerprint density at radius 3 is 2.75 bits per heavy atom. The summed E-state index contributed by atoms with van der Waals surface area (Å²) in [4.78, 5) is 11.9. The molecule has 0 bridgehead atoms. The standard InChI is InChI=1S/C15H24N2O2S/c1-11(2)12-5-4-6-13(9-12)16-15(19)17-14(7-8-18)10-20-3/h4-6,9,11,14,18H,7-8,10H2,1-3H3,(H2,16,17,19). The van der Waals surface area contributed by atoms with Gasteiger partial charge in [-0.05, 0) is 36.3 Å². The van der Waals surface area contributed by atoms with Gasteiger partial charge in [-0.15, -0.1) is 0 Å². The zero-order valence-corrected chi connectivity index (χ0v) is 13.2. The molecule has 0 fully saturated rings. The van der Waals surface area contributed by atoms with Gasteiger partial charge < -0.3 is 15.7 Å². The lowest BCUT2D eigenvalue weighted by Gasteiger charge is -2.17. The number of anilines is 1. The van der Waals surface area contributed by atoms with Crippen LogP contribution in [0.5, 0.6) is 0 Å². The minimum absolute atomic E-state index is 0.0109. The molecule has 1 aromatic rings. The molecule has 0 saturated heterocycles. The van der Waals surface area contributed by atoms with Crippen molar-refractivity contribution in [3.8, 4) is 0 Å². The van der Waals surface area contributed by atoms with E-state index in [0.717, 1.165) is 11.4 Å². The van der Waals surface area contributed by atoms with Gasteiger partial charge in [0.25, 0.3) is 0 Å². The van der Waals surface area contributed by atoms with Gasteiger partial charge in [-0.2, -0.15) is 11.8 Å². The summed E-state index contributed by atoms with van der Waals surface area (Å²) in [5.74, 6) is 1.22. The third-order valence-corrected chi connectivity index (χ3v) is 3.73. The van der Waals surface area contributed by atoms with Gasteiger partial charge in [-0.3, -0.25) is 0 Å². The Balaban J connectivity index is 2.58. The summed E-state index contributed by atoms with van der Waals surface area (Å²) in [6.07, 6.45) is 2.55. The van der Waals surface area contributed by atoms with E-state index >= 15 is 0 Å². The Bertz CT molecular complexity index is 418. The molecule has 2 amide bonds. The van der Waals surface area contributed by atoms with Crippen LogP contribution in [0.25, 0.3) is 0 Å². The SMILES string of the molecule is CSCC(CCO)NC(=O)Nc1cccc(C(C)C)c1. The number of hydrogen-bond acceptors (Lipinski definition) is 3. The number of hydrogen-bond donors (Lipinski definition) is 3. The van der Waals surface area contributed by atoms with Gasteiger partial charge >= 0.3 is 6.03 Å². The molecule has 1 unspecified atom stereocenters. The highest BCUT2D eigenvalue weighted by Gasteiger charge is 2.11. The highest BCUT2D eigenvalue weighted by atomic mass is 32.2. The molecule has 0 spiro atoms. The van der Waals surface area contributed by atoms with Crippen LogP contribution in [0.3, 0.4) is 0 Å². The van der Waals surface area contributed by atoms with Crippen LogP contribution in [-0.4, -0.2) is 35.8 Å². The Hall–Kier alpha value is -1.20. The predicted molar refractivity (Wildman–Crippen MR) is 86.6 cm³/mol. The van der Waals surface area contributed by atoms with E-state index < -0.39 is 0 Å². The molecule has 4 nitrogen and oxygen atoms in total. The summed E-state index contributed by atoms with van der Waals surface area (Å²) in [5.41, 5.74) is 1.99. The van der Waals surface area contributed by atoms with Crippen molar-refractivity contribution in [1.29, 1.82) is 0 Å². The molecule has 0 aliphatic carbocycles. The van der Waals surface area contributed by atoms with Crippen LogP contribution in [0.1, 0.15) is 31.7 Å². The molecule has 0 heterocycles. The molecular weight excluding hydrogens is 272 g/mol. The monoisotopic (exact) mass is 296 g/mol. The Morgan fingerprint density at radius 2 is 2.15 bits per heavy atom. The van der Waals surface area contributed by atoms with Crippen molar-refractivity contribution in [2.45, 2.75) is 32.2 Å². The molecule has 0 aromatic heterocycles. The molecule has 5 heteroatoms. The Morgan fingerprint density at radius 1 is 1.40 bits per heavy atom. The van der Waals surface area contributed by atoms with E-state index in [4.69, 9.17) is 5.11 Å². The van der Waals surface area contributed by atoms with Gasteiger partial charge in [0.1, 0.15) is 0 Å². The van der Waals surface area contributed by atoms with Crippen molar-refractivity contribution in [2.24, 2.45) is 0 Å². The number of urea groups is 1. The van der Waals surface area contributed by atoms with Gasteiger partial charge in [0.05, 0.1) is 0 Å². The van der Waals surface area contributed by atoms with Gasteiger partial charge in [0.2, 0.25) is 0 Å². The number of carbonyl (C=O) groups is 1. The first-order chi connectivity index (χ1) is 9.56. The highest BCUT2D eigenvalue weighted by Crippen LogP contribution is 2.18. The zero-order valence-electron chi connectivity index (χ0n) is 12.3. The smallest absolute Gasteiger partial charge is 0.319 e. The first-order valence-corrected chi connectivity index (χ1v) is 8.23. The lowest BCUT2D eigenvalue weighted by atomic mass is 10.0. The Labute approximate surface area is 125 Å². The fourth-order valence-corrected chi connectivity index (χ4v) is 2.53. The topological polar surface area (TPSA) is 61.4 Å². The normalized spacial score (nSPS) is 12.2. The number of thioether (sulfide) groups is 1. The molecule has 1 aromatic carbocycles. The fraction of sp³-hybridized carbons (Fsp3) is 0.533. The number of benzene rings is 1. The zero-order chi connectivity index (χ0) is 15.0. The van der Waals surface area contributed by atoms with Gasteiger partial charge in [0.15, 0.2) is 0 Å². The maximum Gasteiger partial charge on any atom is 0.319 e. The molecule has 20 heavy (non-hydrogen) atoms. The van der Waals surface area contributed by atoms with E-state index in [1.165, 1.54) is 5.56 Å². The third-order valence-electron chi connectivity index (χ3n) is 2.99. The lowest BCUT2D eigenvalue weighted by Crippen LogP contribution is -2.40. The second-order valence-electron chi connectivity index (χ2n) is 5.04. The molecule has 1 atom stereocenters. The molecule has 112 valence electrons. The van der Waals surface area contributed by atoms with Crippen LogP contribution in [0.2, 0.25) is 0 Å². The summed E-state index contributed by atoms with van der Waals surface area (Å²) in [5, 5.41) is 14.7. The van der Waals surface area contributed by atoms with Crippen LogP contribution >= 0.6 is 11.8 Å². The van der Waals surface area contributed by atoms with Crippen molar-refractivity contribution in [3.05, 3.63) is 29.8 Å². The minimum atomic E-state index is -0.224. The van der Waals surface area contributed by atoms with E-state index in [-0.39, 0.29) is 18.7 Å². The average Bonchev–Trinajstić information content (AvgIpc) is 2.39. The molecule has 0 radical (unpaired) electrons. The van der Waals surface area contributed by atoms with Crippen molar-refractivity contribution in [2.75, 3.05) is 23.9 Å². The maximum absolute atomic E-state index is 11.9. The summed E-state index contributed by atoms with van der Waals surface area (Å²) < 4.78 is 0. The highest BCUT2D eigenvalue weighted by molar-refractivity contribution is 7.98. The van der Waals surface area contributed by atoms with Crippen LogP contribution in [0, 0.1) is 0 Å². The molecule has 0 aliphatic rings. The molecule has 1 rings (SSSR count). The number of carbonyl (C=O) groups excluding carboxylic acids is 1. The van der Waals surface area contributed by atoms with Gasteiger partial charge in [0, 0.05) is 24.1 Å². The number of aliphatic hydroxyl groups is 1. The van der Waals surface area contributed by atoms with Crippen LogP contribution in [0.15, 0.2) is 24.3 Å². The fourth-order valence-electron chi connectivity index (χ4n) is 1.88. The van der Waals surface area contributed by atoms with Crippen LogP contribution in [0.4, 0.5) is 10.5 Å². The van der Waals surface area contributed by atoms with Gasteiger partial charge in [-0.25, -0.2) is 4.79 Å². The van der Waals surface area contributed by atoms with Crippen molar-refractivity contribution < 1.29 is 9.90 Å². The van der Waals surface area contributed by atoms with E-state index in [1.54, 1.807) is 11.8 Å². The molecular formula is C15H24N2O2S. The average molecular weight is 296 g/mol. The maximum atomic E-state index is 11.9. The minimum Gasteiger partial charge on any atom is -0.396 e. The van der Waals surface area contributed by atoms with E-state index in [2.05, 4.69) is 30.5 Å². The lowest BCUT2D eigenvalue weighted by molar-refractivity contribution is 0.241. The number of amides is 2. The number of nitrogens with one attached hydrogen (secondary N) is 2. The van der Waals surface area contributed by atoms with Crippen molar-refractivity contribution >= 4 is 23.5 Å².